The van der Waals surface area contributed by atoms with Gasteiger partial charge in [0.2, 0.25) is 10.0 Å². The second-order valence-electron chi connectivity index (χ2n) is 4.77. The van der Waals surface area contributed by atoms with E-state index in [0.717, 1.165) is 6.42 Å². The van der Waals surface area contributed by atoms with E-state index >= 15 is 0 Å². The molecule has 0 unspecified atom stereocenters. The molecule has 5 nitrogen and oxygen atoms in total. The SMILES string of the molecule is COC[C@@H]1C[C@H]1CNS(=O)(=O)c1ccnc(C)c1Cl. The van der Waals surface area contributed by atoms with Crippen LogP contribution >= 0.6 is 11.6 Å². The number of hydrogen-bond acceptors (Lipinski definition) is 4. The first-order valence-corrected chi connectivity index (χ1v) is 7.91. The van der Waals surface area contributed by atoms with Gasteiger partial charge in [0, 0.05) is 26.5 Å². The van der Waals surface area contributed by atoms with Crippen LogP contribution in [0.1, 0.15) is 12.1 Å². The Hall–Kier alpha value is -0.690. The molecule has 2 rings (SSSR count). The largest absolute Gasteiger partial charge is 0.384 e. The molecule has 1 aromatic heterocycles. The van der Waals surface area contributed by atoms with Crippen molar-refractivity contribution >= 4 is 21.6 Å². The van der Waals surface area contributed by atoms with Gasteiger partial charge in [-0.25, -0.2) is 13.1 Å². The lowest BCUT2D eigenvalue weighted by Gasteiger charge is -2.09. The number of aromatic nitrogens is 1. The summed E-state index contributed by atoms with van der Waals surface area (Å²) in [4.78, 5) is 4.04. The number of nitrogens with one attached hydrogen (secondary N) is 1. The summed E-state index contributed by atoms with van der Waals surface area (Å²) in [6, 6.07) is 1.41. The fraction of sp³-hybridized carbons (Fsp3) is 0.583. The van der Waals surface area contributed by atoms with E-state index in [9.17, 15) is 8.42 Å². The topological polar surface area (TPSA) is 68.3 Å². The highest BCUT2D eigenvalue weighted by atomic mass is 35.5. The Morgan fingerprint density at radius 1 is 1.53 bits per heavy atom. The van der Waals surface area contributed by atoms with Gasteiger partial charge in [-0.15, -0.1) is 0 Å². The van der Waals surface area contributed by atoms with Crippen molar-refractivity contribution in [2.75, 3.05) is 20.3 Å². The standard InChI is InChI=1S/C12H17ClN2O3S/c1-8-12(13)11(3-4-14-8)19(16,17)15-6-9-5-10(9)7-18-2/h3-4,9-10,15H,5-7H2,1-2H3/t9-,10-/m0/s1. The minimum absolute atomic E-state index is 0.0885. The molecule has 1 heterocycles. The summed E-state index contributed by atoms with van der Waals surface area (Å²) in [7, 11) is -1.92. The van der Waals surface area contributed by atoms with E-state index in [1.54, 1.807) is 14.0 Å². The van der Waals surface area contributed by atoms with Crippen LogP contribution in [0.15, 0.2) is 17.2 Å². The van der Waals surface area contributed by atoms with Crippen LogP contribution < -0.4 is 4.72 Å². The minimum atomic E-state index is -3.57. The number of halogens is 1. The van der Waals surface area contributed by atoms with Crippen LogP contribution in [0.25, 0.3) is 0 Å². The van der Waals surface area contributed by atoms with Crippen molar-refractivity contribution in [3.8, 4) is 0 Å². The zero-order valence-electron chi connectivity index (χ0n) is 10.9. The lowest BCUT2D eigenvalue weighted by Crippen LogP contribution is -2.27. The Balaban J connectivity index is 2.01. The van der Waals surface area contributed by atoms with Gasteiger partial charge in [-0.3, -0.25) is 4.98 Å². The summed E-state index contributed by atoms with van der Waals surface area (Å²) in [5.41, 5.74) is 0.508. The second kappa shape index (κ2) is 5.75. The molecule has 7 heteroatoms. The first kappa shape index (κ1) is 14.7. The molecule has 0 radical (unpaired) electrons. The van der Waals surface area contributed by atoms with E-state index in [0.29, 0.717) is 30.7 Å². The van der Waals surface area contributed by atoms with Gasteiger partial charge >= 0.3 is 0 Å². The molecule has 2 atom stereocenters. The number of sulfonamides is 1. The minimum Gasteiger partial charge on any atom is -0.384 e. The predicted octanol–water partition coefficient (Wildman–Crippen LogP) is 1.60. The Morgan fingerprint density at radius 3 is 2.95 bits per heavy atom. The lowest BCUT2D eigenvalue weighted by atomic mass is 10.3. The fourth-order valence-corrected chi connectivity index (χ4v) is 3.63. The molecule has 0 aliphatic heterocycles. The molecule has 1 fully saturated rings. The van der Waals surface area contributed by atoms with Gasteiger partial charge in [-0.05, 0) is 31.2 Å². The third kappa shape index (κ3) is 3.45. The van der Waals surface area contributed by atoms with Crippen molar-refractivity contribution < 1.29 is 13.2 Å². The van der Waals surface area contributed by atoms with E-state index in [1.165, 1.54) is 12.3 Å². The van der Waals surface area contributed by atoms with E-state index in [1.807, 2.05) is 0 Å². The lowest BCUT2D eigenvalue weighted by molar-refractivity contribution is 0.181. The maximum atomic E-state index is 12.1. The zero-order valence-corrected chi connectivity index (χ0v) is 12.5. The van der Waals surface area contributed by atoms with Crippen molar-refractivity contribution in [3.63, 3.8) is 0 Å². The molecule has 0 aromatic carbocycles. The van der Waals surface area contributed by atoms with Crippen LogP contribution in [0.3, 0.4) is 0 Å². The van der Waals surface area contributed by atoms with Gasteiger partial charge in [0.05, 0.1) is 10.7 Å². The van der Waals surface area contributed by atoms with E-state index in [2.05, 4.69) is 9.71 Å². The highest BCUT2D eigenvalue weighted by molar-refractivity contribution is 7.89. The molecular weight excluding hydrogens is 288 g/mol. The smallest absolute Gasteiger partial charge is 0.242 e. The van der Waals surface area contributed by atoms with Crippen LogP contribution in [0.5, 0.6) is 0 Å². The highest BCUT2D eigenvalue weighted by Gasteiger charge is 2.37. The van der Waals surface area contributed by atoms with Gasteiger partial charge in [0.1, 0.15) is 4.90 Å². The normalized spacial score (nSPS) is 22.5. The molecule has 19 heavy (non-hydrogen) atoms. The van der Waals surface area contributed by atoms with Crippen molar-refractivity contribution in [1.82, 2.24) is 9.71 Å². The molecular formula is C12H17ClN2O3S. The van der Waals surface area contributed by atoms with Crippen LogP contribution in [0.4, 0.5) is 0 Å². The van der Waals surface area contributed by atoms with Gasteiger partial charge in [-0.2, -0.15) is 0 Å². The molecule has 1 aliphatic carbocycles. The average Bonchev–Trinajstić information content (AvgIpc) is 3.09. The van der Waals surface area contributed by atoms with Crippen molar-refractivity contribution in [1.29, 1.82) is 0 Å². The van der Waals surface area contributed by atoms with Crippen LogP contribution in [-0.2, 0) is 14.8 Å². The van der Waals surface area contributed by atoms with Gasteiger partial charge in [0.15, 0.2) is 0 Å². The van der Waals surface area contributed by atoms with E-state index in [-0.39, 0.29) is 9.92 Å². The van der Waals surface area contributed by atoms with Gasteiger partial charge in [0.25, 0.3) is 0 Å². The molecule has 0 amide bonds. The summed E-state index contributed by atoms with van der Waals surface area (Å²) in [6.07, 6.45) is 2.44. The molecule has 0 saturated heterocycles. The summed E-state index contributed by atoms with van der Waals surface area (Å²) >= 11 is 5.99. The third-order valence-electron chi connectivity index (χ3n) is 3.30. The van der Waals surface area contributed by atoms with E-state index in [4.69, 9.17) is 16.3 Å². The molecule has 1 aromatic rings. The van der Waals surface area contributed by atoms with Crippen molar-refractivity contribution in [3.05, 3.63) is 23.0 Å². The number of rotatable bonds is 6. The maximum Gasteiger partial charge on any atom is 0.242 e. The molecule has 1 aliphatic rings. The second-order valence-corrected chi connectivity index (χ2v) is 6.88. The maximum absolute atomic E-state index is 12.1. The predicted molar refractivity (Wildman–Crippen MR) is 72.6 cm³/mol. The average molecular weight is 305 g/mol. The monoisotopic (exact) mass is 304 g/mol. The molecule has 0 spiro atoms. The summed E-state index contributed by atoms with van der Waals surface area (Å²) in [5.74, 6) is 0.818. The first-order chi connectivity index (χ1) is 8.95. The first-order valence-electron chi connectivity index (χ1n) is 6.05. The van der Waals surface area contributed by atoms with Crippen molar-refractivity contribution in [2.45, 2.75) is 18.2 Å². The third-order valence-corrected chi connectivity index (χ3v) is 5.36. The Bertz CT molecular complexity index is 562. The Kier molecular flexibility index (Phi) is 4.45. The number of nitrogens with zero attached hydrogens (tertiary/aromatic N) is 1. The number of methoxy groups -OCH3 is 1. The number of pyridine rings is 1. The summed E-state index contributed by atoms with van der Waals surface area (Å²) in [6.45, 7) is 2.78. The van der Waals surface area contributed by atoms with Crippen LogP contribution in [-0.4, -0.2) is 33.7 Å². The zero-order chi connectivity index (χ0) is 14.0. The number of aryl methyl sites for hydroxylation is 1. The summed E-state index contributed by atoms with van der Waals surface area (Å²) < 4.78 is 31.9. The summed E-state index contributed by atoms with van der Waals surface area (Å²) in [5, 5.41) is 0.180. The van der Waals surface area contributed by atoms with Gasteiger partial charge in [-0.1, -0.05) is 11.6 Å². The fourth-order valence-electron chi connectivity index (χ4n) is 2.01. The molecule has 1 N–H and O–H groups in total. The quantitative estimate of drug-likeness (QED) is 0.867. The molecule has 0 bridgehead atoms. The van der Waals surface area contributed by atoms with Crippen LogP contribution in [0.2, 0.25) is 5.02 Å². The number of ether oxygens (including phenoxy) is 1. The van der Waals surface area contributed by atoms with E-state index < -0.39 is 10.0 Å². The number of hydrogen-bond donors (Lipinski definition) is 1. The molecule has 106 valence electrons. The Labute approximate surface area is 118 Å². The van der Waals surface area contributed by atoms with Gasteiger partial charge < -0.3 is 4.74 Å². The van der Waals surface area contributed by atoms with Crippen molar-refractivity contribution in [2.24, 2.45) is 11.8 Å². The van der Waals surface area contributed by atoms with Crippen LogP contribution in [0, 0.1) is 18.8 Å². The Morgan fingerprint density at radius 2 is 2.26 bits per heavy atom. The molecule has 1 saturated carbocycles. The highest BCUT2D eigenvalue weighted by Crippen LogP contribution is 2.38.